The highest BCUT2D eigenvalue weighted by atomic mass is 16.4. The molecule has 1 aromatic carbocycles. The lowest BCUT2D eigenvalue weighted by atomic mass is 9.93. The van der Waals surface area contributed by atoms with Crippen molar-refractivity contribution in [2.24, 2.45) is 5.92 Å². The molecule has 3 heteroatoms. The molecular weight excluding hydrogens is 238 g/mol. The summed E-state index contributed by atoms with van der Waals surface area (Å²) in [6.07, 6.45) is 5.35. The maximum atomic E-state index is 10.7. The summed E-state index contributed by atoms with van der Waals surface area (Å²) in [5, 5.41) is 8.77. The van der Waals surface area contributed by atoms with Crippen molar-refractivity contribution in [2.45, 2.75) is 32.7 Å². The molecule has 0 radical (unpaired) electrons. The molecule has 0 aromatic heterocycles. The number of nitrogens with zero attached hydrogens (tertiary/aromatic N) is 1. The Morgan fingerprint density at radius 3 is 2.79 bits per heavy atom. The average Bonchev–Trinajstić information content (AvgIpc) is 2.39. The van der Waals surface area contributed by atoms with E-state index in [1.807, 2.05) is 18.2 Å². The second-order valence-electron chi connectivity index (χ2n) is 5.41. The van der Waals surface area contributed by atoms with Crippen LogP contribution in [0.25, 0.3) is 6.08 Å². The summed E-state index contributed by atoms with van der Waals surface area (Å²) in [7, 11) is 0. The number of hydrogen-bond acceptors (Lipinski definition) is 2. The van der Waals surface area contributed by atoms with Crippen molar-refractivity contribution in [2.75, 3.05) is 11.4 Å². The molecule has 1 fully saturated rings. The highest BCUT2D eigenvalue weighted by molar-refractivity contribution is 5.87. The van der Waals surface area contributed by atoms with Crippen LogP contribution in [0.4, 0.5) is 5.69 Å². The van der Waals surface area contributed by atoms with Gasteiger partial charge in [-0.3, -0.25) is 0 Å². The molecule has 2 unspecified atom stereocenters. The van der Waals surface area contributed by atoms with Gasteiger partial charge in [-0.05, 0) is 43.4 Å². The van der Waals surface area contributed by atoms with Crippen LogP contribution in [0, 0.1) is 5.92 Å². The standard InChI is InChI=1S/C16H21NO2/c1-12-7-8-13(2)17(11-12)15-6-4-3-5-14(15)9-10-16(18)19/h3-6,9-10,12-13H,7-8,11H2,1-2H3,(H,18,19). The predicted octanol–water partition coefficient (Wildman–Crippen LogP) is 3.41. The monoisotopic (exact) mass is 259 g/mol. The molecule has 0 amide bonds. The molecular formula is C16H21NO2. The molecule has 0 spiro atoms. The fraction of sp³-hybridized carbons (Fsp3) is 0.438. The molecule has 0 bridgehead atoms. The minimum atomic E-state index is -0.908. The number of aliphatic carboxylic acids is 1. The van der Waals surface area contributed by atoms with Crippen LogP contribution in [0.15, 0.2) is 30.3 Å². The van der Waals surface area contributed by atoms with E-state index in [1.54, 1.807) is 6.08 Å². The van der Waals surface area contributed by atoms with E-state index in [4.69, 9.17) is 5.11 Å². The fourth-order valence-corrected chi connectivity index (χ4v) is 2.68. The molecule has 102 valence electrons. The number of carboxylic acids is 1. The molecule has 3 nitrogen and oxygen atoms in total. The van der Waals surface area contributed by atoms with Crippen LogP contribution >= 0.6 is 0 Å². The third-order valence-electron chi connectivity index (χ3n) is 3.77. The smallest absolute Gasteiger partial charge is 0.328 e. The van der Waals surface area contributed by atoms with E-state index in [1.165, 1.54) is 18.9 Å². The zero-order chi connectivity index (χ0) is 13.8. The number of anilines is 1. The van der Waals surface area contributed by atoms with Crippen molar-refractivity contribution in [1.82, 2.24) is 0 Å². The van der Waals surface area contributed by atoms with E-state index in [2.05, 4.69) is 24.8 Å². The quantitative estimate of drug-likeness (QED) is 0.846. The van der Waals surface area contributed by atoms with Gasteiger partial charge in [0.2, 0.25) is 0 Å². The number of hydrogen-bond donors (Lipinski definition) is 1. The Kier molecular flexibility index (Phi) is 4.25. The highest BCUT2D eigenvalue weighted by Gasteiger charge is 2.24. The Morgan fingerprint density at radius 1 is 1.32 bits per heavy atom. The molecule has 0 saturated carbocycles. The number of carbonyl (C=O) groups is 1. The van der Waals surface area contributed by atoms with Crippen molar-refractivity contribution in [1.29, 1.82) is 0 Å². The topological polar surface area (TPSA) is 40.5 Å². The molecule has 1 aliphatic heterocycles. The highest BCUT2D eigenvalue weighted by Crippen LogP contribution is 2.30. The van der Waals surface area contributed by atoms with Crippen LogP contribution in [0.3, 0.4) is 0 Å². The van der Waals surface area contributed by atoms with Crippen molar-refractivity contribution in [3.63, 3.8) is 0 Å². The van der Waals surface area contributed by atoms with Gasteiger partial charge in [0, 0.05) is 24.4 Å². The van der Waals surface area contributed by atoms with Gasteiger partial charge < -0.3 is 10.0 Å². The summed E-state index contributed by atoms with van der Waals surface area (Å²) < 4.78 is 0. The predicted molar refractivity (Wildman–Crippen MR) is 78.3 cm³/mol. The van der Waals surface area contributed by atoms with Gasteiger partial charge in [-0.2, -0.15) is 0 Å². The van der Waals surface area contributed by atoms with Gasteiger partial charge in [-0.15, -0.1) is 0 Å². The molecule has 19 heavy (non-hydrogen) atoms. The third-order valence-corrected chi connectivity index (χ3v) is 3.77. The molecule has 1 heterocycles. The molecule has 1 N–H and O–H groups in total. The van der Waals surface area contributed by atoms with Crippen LogP contribution in [-0.2, 0) is 4.79 Å². The van der Waals surface area contributed by atoms with Crippen molar-refractivity contribution >= 4 is 17.7 Å². The minimum absolute atomic E-state index is 0.510. The van der Waals surface area contributed by atoms with E-state index >= 15 is 0 Å². The van der Waals surface area contributed by atoms with E-state index < -0.39 is 5.97 Å². The average molecular weight is 259 g/mol. The largest absolute Gasteiger partial charge is 0.478 e. The first-order chi connectivity index (χ1) is 9.08. The van der Waals surface area contributed by atoms with E-state index in [0.717, 1.165) is 17.8 Å². The van der Waals surface area contributed by atoms with Crippen LogP contribution < -0.4 is 4.90 Å². The number of piperidine rings is 1. The van der Waals surface area contributed by atoms with Gasteiger partial charge in [0.25, 0.3) is 0 Å². The summed E-state index contributed by atoms with van der Waals surface area (Å²) in [5.41, 5.74) is 2.12. The van der Waals surface area contributed by atoms with Crippen LogP contribution in [0.2, 0.25) is 0 Å². The number of para-hydroxylation sites is 1. The zero-order valence-electron chi connectivity index (χ0n) is 11.5. The first-order valence-corrected chi connectivity index (χ1v) is 6.84. The second kappa shape index (κ2) is 5.91. The number of rotatable bonds is 3. The Labute approximate surface area is 114 Å². The van der Waals surface area contributed by atoms with Crippen LogP contribution in [0.1, 0.15) is 32.3 Å². The van der Waals surface area contributed by atoms with Gasteiger partial charge in [0.1, 0.15) is 0 Å². The summed E-state index contributed by atoms with van der Waals surface area (Å²) in [5.74, 6) is -0.220. The Hall–Kier alpha value is -1.77. The summed E-state index contributed by atoms with van der Waals surface area (Å²) in [6, 6.07) is 8.52. The second-order valence-corrected chi connectivity index (χ2v) is 5.41. The van der Waals surface area contributed by atoms with Gasteiger partial charge in [0.15, 0.2) is 0 Å². The first-order valence-electron chi connectivity index (χ1n) is 6.84. The van der Waals surface area contributed by atoms with Gasteiger partial charge in [-0.1, -0.05) is 25.1 Å². The fourth-order valence-electron chi connectivity index (χ4n) is 2.68. The Balaban J connectivity index is 2.30. The first kappa shape index (κ1) is 13.7. The zero-order valence-corrected chi connectivity index (χ0v) is 11.5. The van der Waals surface area contributed by atoms with Gasteiger partial charge >= 0.3 is 5.97 Å². The summed E-state index contributed by atoms with van der Waals surface area (Å²) in [6.45, 7) is 5.55. The molecule has 0 aliphatic carbocycles. The van der Waals surface area contributed by atoms with Crippen LogP contribution in [0.5, 0.6) is 0 Å². The third kappa shape index (κ3) is 3.37. The molecule has 1 aromatic rings. The molecule has 1 saturated heterocycles. The van der Waals surface area contributed by atoms with E-state index in [9.17, 15) is 4.79 Å². The number of carboxylic acid groups (broad SMARTS) is 1. The summed E-state index contributed by atoms with van der Waals surface area (Å²) in [4.78, 5) is 13.1. The van der Waals surface area contributed by atoms with Crippen molar-refractivity contribution in [3.8, 4) is 0 Å². The normalized spacial score (nSPS) is 23.8. The summed E-state index contributed by atoms with van der Waals surface area (Å²) >= 11 is 0. The Bertz CT molecular complexity index is 481. The van der Waals surface area contributed by atoms with E-state index in [-0.39, 0.29) is 0 Å². The van der Waals surface area contributed by atoms with Gasteiger partial charge in [0.05, 0.1) is 0 Å². The van der Waals surface area contributed by atoms with Crippen molar-refractivity contribution < 1.29 is 9.90 Å². The Morgan fingerprint density at radius 2 is 2.05 bits per heavy atom. The van der Waals surface area contributed by atoms with Gasteiger partial charge in [-0.25, -0.2) is 4.79 Å². The maximum Gasteiger partial charge on any atom is 0.328 e. The SMILES string of the molecule is CC1CCC(C)N(c2ccccc2C=CC(=O)O)C1. The van der Waals surface area contributed by atoms with E-state index in [0.29, 0.717) is 12.0 Å². The minimum Gasteiger partial charge on any atom is -0.478 e. The lowest BCUT2D eigenvalue weighted by Crippen LogP contribution is -2.41. The lowest BCUT2D eigenvalue weighted by Gasteiger charge is -2.39. The van der Waals surface area contributed by atoms with Crippen molar-refractivity contribution in [3.05, 3.63) is 35.9 Å². The maximum absolute atomic E-state index is 10.7. The molecule has 2 rings (SSSR count). The number of benzene rings is 1. The lowest BCUT2D eigenvalue weighted by molar-refractivity contribution is -0.131. The van der Waals surface area contributed by atoms with Crippen LogP contribution in [-0.4, -0.2) is 23.7 Å². The molecule has 1 aliphatic rings. The molecule has 2 atom stereocenters.